The molecule has 0 amide bonds. The van der Waals surface area contributed by atoms with E-state index in [9.17, 15) is 9.69 Å². The molecule has 0 saturated carbocycles. The highest BCUT2D eigenvalue weighted by molar-refractivity contribution is 7.59. The average Bonchev–Trinajstić information content (AvgIpc) is 2.46. The quantitative estimate of drug-likeness (QED) is 0.757. The first-order valence-electron chi connectivity index (χ1n) is 7.13. The number of carbonyl (C=O) groups is 1. The number of aromatic carboxylic acids is 1. The first kappa shape index (κ1) is 16.8. The van der Waals surface area contributed by atoms with E-state index >= 15 is 0 Å². The van der Waals surface area contributed by atoms with E-state index in [0.29, 0.717) is 13.2 Å². The Hall–Kier alpha value is -1.52. The van der Waals surface area contributed by atoms with E-state index in [-0.39, 0.29) is 11.7 Å². The van der Waals surface area contributed by atoms with Gasteiger partial charge in [0.05, 0.1) is 18.8 Å². The molecular formula is C16H20O5P+. The summed E-state index contributed by atoms with van der Waals surface area (Å²) in [5.74, 6) is -0.958. The third-order valence-electron chi connectivity index (χ3n) is 3.20. The molecule has 22 heavy (non-hydrogen) atoms. The molecule has 0 bridgehead atoms. The summed E-state index contributed by atoms with van der Waals surface area (Å²) in [5.41, 5.74) is 1.09. The van der Waals surface area contributed by atoms with Gasteiger partial charge in [0.15, 0.2) is 6.16 Å². The van der Waals surface area contributed by atoms with Crippen molar-refractivity contribution in [2.24, 2.45) is 0 Å². The third kappa shape index (κ3) is 4.02. The Morgan fingerprint density at radius 2 is 1.68 bits per heavy atom. The Bertz CT molecular complexity index is 665. The molecule has 0 unspecified atom stereocenters. The summed E-state index contributed by atoms with van der Waals surface area (Å²) in [6.45, 7) is 4.37. The lowest BCUT2D eigenvalue weighted by Gasteiger charge is -2.16. The van der Waals surface area contributed by atoms with Crippen molar-refractivity contribution in [1.29, 1.82) is 0 Å². The molecule has 2 rings (SSSR count). The number of hydrogen-bond acceptors (Lipinski definition) is 4. The Morgan fingerprint density at radius 1 is 1.05 bits per heavy atom. The lowest BCUT2D eigenvalue weighted by atomic mass is 10.0. The molecule has 6 heteroatoms. The highest BCUT2D eigenvalue weighted by Crippen LogP contribution is 2.59. The first-order valence-corrected chi connectivity index (χ1v) is 8.89. The number of fused-ring (bicyclic) bond motifs is 1. The van der Waals surface area contributed by atoms with E-state index in [1.165, 1.54) is 0 Å². The fourth-order valence-corrected chi connectivity index (χ4v) is 4.01. The van der Waals surface area contributed by atoms with Crippen LogP contribution in [0.5, 0.6) is 0 Å². The fraction of sp³-hybridized carbons (Fsp3) is 0.312. The third-order valence-corrected chi connectivity index (χ3v) is 5.28. The predicted molar refractivity (Wildman–Crippen MR) is 87.0 cm³/mol. The SMILES string of the molecule is CCO[P+](O)(Cc1ccc2ccc(C(=O)O)cc2c1)OCC. The van der Waals surface area contributed by atoms with Gasteiger partial charge in [0.2, 0.25) is 0 Å². The molecule has 0 saturated heterocycles. The number of carboxylic acid groups (broad SMARTS) is 1. The van der Waals surface area contributed by atoms with E-state index < -0.39 is 13.9 Å². The summed E-state index contributed by atoms with van der Waals surface area (Å²) in [4.78, 5) is 21.5. The number of benzene rings is 2. The van der Waals surface area contributed by atoms with Crippen LogP contribution >= 0.6 is 7.94 Å². The molecule has 0 heterocycles. The van der Waals surface area contributed by atoms with Gasteiger partial charge in [-0.15, -0.1) is 0 Å². The molecule has 0 aliphatic heterocycles. The van der Waals surface area contributed by atoms with Crippen LogP contribution in [-0.2, 0) is 15.2 Å². The summed E-state index contributed by atoms with van der Waals surface area (Å²) in [5, 5.41) is 10.8. The Labute approximate surface area is 130 Å². The van der Waals surface area contributed by atoms with Gasteiger partial charge in [-0.05, 0) is 48.4 Å². The normalized spacial score (nSPS) is 11.8. The van der Waals surface area contributed by atoms with E-state index in [1.807, 2.05) is 32.0 Å². The topological polar surface area (TPSA) is 76.0 Å². The lowest BCUT2D eigenvalue weighted by molar-refractivity contribution is 0.0697. The summed E-state index contributed by atoms with van der Waals surface area (Å²) >= 11 is 0. The van der Waals surface area contributed by atoms with Crippen LogP contribution in [-0.4, -0.2) is 29.2 Å². The van der Waals surface area contributed by atoms with Crippen LogP contribution in [0.2, 0.25) is 0 Å². The van der Waals surface area contributed by atoms with Crippen LogP contribution in [0.25, 0.3) is 10.8 Å². The molecule has 0 aliphatic rings. The van der Waals surface area contributed by atoms with Crippen molar-refractivity contribution in [3.8, 4) is 0 Å². The maximum atomic E-state index is 11.1. The zero-order chi connectivity index (χ0) is 16.2. The Balaban J connectivity index is 2.33. The second kappa shape index (κ2) is 7.16. The predicted octanol–water partition coefficient (Wildman–Crippen LogP) is 3.87. The smallest absolute Gasteiger partial charge is 0.413 e. The van der Waals surface area contributed by atoms with Crippen molar-refractivity contribution < 1.29 is 23.8 Å². The molecule has 5 nitrogen and oxygen atoms in total. The van der Waals surface area contributed by atoms with Crippen LogP contribution < -0.4 is 0 Å². The average molecular weight is 323 g/mol. The van der Waals surface area contributed by atoms with Gasteiger partial charge < -0.3 is 5.11 Å². The molecule has 0 fully saturated rings. The van der Waals surface area contributed by atoms with Gasteiger partial charge >= 0.3 is 13.9 Å². The summed E-state index contributed by atoms with van der Waals surface area (Å²) in [6.07, 6.45) is 0.280. The molecule has 118 valence electrons. The van der Waals surface area contributed by atoms with E-state index in [4.69, 9.17) is 14.2 Å². The number of hydrogen-bond donors (Lipinski definition) is 2. The Kier molecular flexibility index (Phi) is 5.48. The maximum Gasteiger partial charge on any atom is 0.413 e. The summed E-state index contributed by atoms with van der Waals surface area (Å²) < 4.78 is 10.8. The Morgan fingerprint density at radius 3 is 2.27 bits per heavy atom. The van der Waals surface area contributed by atoms with Gasteiger partial charge in [0.1, 0.15) is 0 Å². The van der Waals surface area contributed by atoms with Gasteiger partial charge in [0, 0.05) is 0 Å². The standard InChI is InChI=1S/C16H19O5P/c1-3-20-22(19,21-4-2)11-12-5-6-13-7-8-14(16(17)18)10-15(13)9-12/h5-10,19H,3-4,11H2,1-2H3/p+1. The van der Waals surface area contributed by atoms with Gasteiger partial charge in [-0.3, -0.25) is 0 Å². The van der Waals surface area contributed by atoms with Crippen molar-refractivity contribution in [3.05, 3.63) is 47.5 Å². The number of carboxylic acids is 1. The second-order valence-electron chi connectivity index (χ2n) is 4.83. The molecule has 2 aromatic rings. The molecule has 2 aromatic carbocycles. The molecule has 0 radical (unpaired) electrons. The van der Waals surface area contributed by atoms with Crippen LogP contribution in [0, 0.1) is 0 Å². The van der Waals surface area contributed by atoms with Crippen molar-refractivity contribution in [1.82, 2.24) is 0 Å². The van der Waals surface area contributed by atoms with Gasteiger partial charge in [-0.25, -0.2) is 4.79 Å². The molecule has 0 spiro atoms. The molecule has 2 N–H and O–H groups in total. The second-order valence-corrected chi connectivity index (χ2v) is 6.94. The molecule has 0 atom stereocenters. The van der Waals surface area contributed by atoms with E-state index in [0.717, 1.165) is 16.3 Å². The van der Waals surface area contributed by atoms with E-state index in [2.05, 4.69) is 0 Å². The van der Waals surface area contributed by atoms with Gasteiger partial charge in [0.25, 0.3) is 0 Å². The van der Waals surface area contributed by atoms with Crippen LogP contribution in [0.15, 0.2) is 36.4 Å². The van der Waals surface area contributed by atoms with Gasteiger partial charge in [-0.2, -0.15) is 13.9 Å². The molecule has 0 aliphatic carbocycles. The first-order chi connectivity index (χ1) is 10.5. The van der Waals surface area contributed by atoms with Crippen molar-refractivity contribution >= 4 is 24.7 Å². The minimum absolute atomic E-state index is 0.240. The summed E-state index contributed by atoms with van der Waals surface area (Å²) in [7, 11) is -2.92. The largest absolute Gasteiger partial charge is 0.478 e. The zero-order valence-electron chi connectivity index (χ0n) is 12.7. The van der Waals surface area contributed by atoms with Gasteiger partial charge in [-0.1, -0.05) is 18.2 Å². The monoisotopic (exact) mass is 323 g/mol. The van der Waals surface area contributed by atoms with Crippen LogP contribution in [0.1, 0.15) is 29.8 Å². The highest BCUT2D eigenvalue weighted by Gasteiger charge is 2.40. The van der Waals surface area contributed by atoms with Crippen LogP contribution in [0.3, 0.4) is 0 Å². The zero-order valence-corrected chi connectivity index (χ0v) is 13.5. The minimum Gasteiger partial charge on any atom is -0.478 e. The molecular weight excluding hydrogens is 303 g/mol. The summed E-state index contributed by atoms with van der Waals surface area (Å²) in [6, 6.07) is 10.6. The number of rotatable bonds is 7. The van der Waals surface area contributed by atoms with Crippen molar-refractivity contribution in [2.75, 3.05) is 13.2 Å². The van der Waals surface area contributed by atoms with E-state index in [1.54, 1.807) is 18.2 Å². The van der Waals surface area contributed by atoms with Crippen molar-refractivity contribution in [3.63, 3.8) is 0 Å². The van der Waals surface area contributed by atoms with Crippen molar-refractivity contribution in [2.45, 2.75) is 20.0 Å². The maximum absolute atomic E-state index is 11.1. The minimum atomic E-state index is -2.92. The lowest BCUT2D eigenvalue weighted by Crippen LogP contribution is -2.05. The molecule has 0 aromatic heterocycles. The highest BCUT2D eigenvalue weighted by atomic mass is 31.2. The van der Waals surface area contributed by atoms with Crippen LogP contribution in [0.4, 0.5) is 0 Å². The fourth-order valence-electron chi connectivity index (χ4n) is 2.29.